The number of ether oxygens (including phenoxy) is 4. The lowest BCUT2D eigenvalue weighted by Gasteiger charge is -2.12. The average molecular weight is 562 g/mol. The van der Waals surface area contributed by atoms with E-state index in [4.69, 9.17) is 37.4 Å². The molecule has 0 N–H and O–H groups in total. The molecule has 0 spiro atoms. The Labute approximate surface area is 195 Å². The van der Waals surface area contributed by atoms with Crippen molar-refractivity contribution in [1.82, 2.24) is 0 Å². The van der Waals surface area contributed by atoms with Gasteiger partial charge in [0.25, 0.3) is 0 Å². The number of carbonyl (C=O) groups is 2. The van der Waals surface area contributed by atoms with Gasteiger partial charge < -0.3 is 18.9 Å². The van der Waals surface area contributed by atoms with Crippen LogP contribution >= 0.6 is 45.8 Å². The maximum atomic E-state index is 12.3. The number of cyclic esters (lactones) is 1. The van der Waals surface area contributed by atoms with Gasteiger partial charge in [0.1, 0.15) is 0 Å². The van der Waals surface area contributed by atoms with Crippen molar-refractivity contribution in [3.63, 3.8) is 0 Å². The smallest absolute Gasteiger partial charge is 0.363 e. The van der Waals surface area contributed by atoms with Crippen LogP contribution in [-0.4, -0.2) is 38.7 Å². The zero-order valence-corrected chi connectivity index (χ0v) is 19.4. The fourth-order valence-electron chi connectivity index (χ4n) is 2.50. The van der Waals surface area contributed by atoms with E-state index in [1.807, 2.05) is 22.6 Å². The molecule has 30 heavy (non-hydrogen) atoms. The maximum absolute atomic E-state index is 12.3. The molecule has 0 atom stereocenters. The van der Waals surface area contributed by atoms with Crippen molar-refractivity contribution in [2.45, 2.75) is 0 Å². The van der Waals surface area contributed by atoms with Crippen molar-refractivity contribution in [1.29, 1.82) is 0 Å². The SMILES string of the molecule is COC(=O)COc1c(I)cc(/C=C2\N=C(c3ccc(Cl)cc3Cl)OC2=O)cc1OC. The van der Waals surface area contributed by atoms with E-state index in [0.717, 1.165) is 0 Å². The lowest BCUT2D eigenvalue weighted by Crippen LogP contribution is -2.13. The van der Waals surface area contributed by atoms with E-state index in [2.05, 4.69) is 9.73 Å². The molecule has 0 aromatic heterocycles. The van der Waals surface area contributed by atoms with Crippen molar-refractivity contribution >= 4 is 69.7 Å². The molecule has 0 amide bonds. The molecule has 156 valence electrons. The molecule has 1 aliphatic heterocycles. The zero-order chi connectivity index (χ0) is 21.8. The Kier molecular flexibility index (Phi) is 7.22. The molecule has 0 unspecified atom stereocenters. The third-order valence-electron chi connectivity index (χ3n) is 3.90. The summed E-state index contributed by atoms with van der Waals surface area (Å²) < 4.78 is 21.3. The normalized spacial score (nSPS) is 14.4. The maximum Gasteiger partial charge on any atom is 0.363 e. The Morgan fingerprint density at radius 2 is 2.00 bits per heavy atom. The van der Waals surface area contributed by atoms with Crippen LogP contribution in [0.15, 0.2) is 41.0 Å². The van der Waals surface area contributed by atoms with Gasteiger partial charge >= 0.3 is 11.9 Å². The molecule has 0 aliphatic carbocycles. The number of carbonyl (C=O) groups excluding carboxylic acids is 2. The molecule has 7 nitrogen and oxygen atoms in total. The Balaban J connectivity index is 1.92. The first-order chi connectivity index (χ1) is 14.3. The lowest BCUT2D eigenvalue weighted by atomic mass is 10.1. The number of halogens is 3. The quantitative estimate of drug-likeness (QED) is 0.293. The molecular formula is C20H14Cl2INO6. The monoisotopic (exact) mass is 561 g/mol. The molecule has 2 aromatic rings. The van der Waals surface area contributed by atoms with Crippen molar-refractivity contribution in [2.75, 3.05) is 20.8 Å². The van der Waals surface area contributed by atoms with Gasteiger partial charge in [0.05, 0.1) is 28.4 Å². The Morgan fingerprint density at radius 1 is 1.23 bits per heavy atom. The van der Waals surface area contributed by atoms with Gasteiger partial charge in [-0.2, -0.15) is 0 Å². The third-order valence-corrected chi connectivity index (χ3v) is 5.25. The Morgan fingerprint density at radius 3 is 2.67 bits per heavy atom. The van der Waals surface area contributed by atoms with Gasteiger partial charge in [-0.25, -0.2) is 14.6 Å². The molecule has 0 bridgehead atoms. The average Bonchev–Trinajstić information content (AvgIpc) is 3.06. The van der Waals surface area contributed by atoms with Crippen LogP contribution in [0.4, 0.5) is 0 Å². The van der Waals surface area contributed by atoms with E-state index >= 15 is 0 Å². The Bertz CT molecular complexity index is 1080. The topological polar surface area (TPSA) is 83.4 Å². The van der Waals surface area contributed by atoms with Crippen molar-refractivity contribution in [3.8, 4) is 11.5 Å². The summed E-state index contributed by atoms with van der Waals surface area (Å²) in [4.78, 5) is 27.9. The summed E-state index contributed by atoms with van der Waals surface area (Å²) in [7, 11) is 2.74. The van der Waals surface area contributed by atoms with Crippen LogP contribution in [0.2, 0.25) is 10.0 Å². The lowest BCUT2D eigenvalue weighted by molar-refractivity contribution is -0.143. The molecule has 2 aromatic carbocycles. The highest BCUT2D eigenvalue weighted by atomic mass is 127. The number of nitrogens with zero attached hydrogens (tertiary/aromatic N) is 1. The molecule has 0 radical (unpaired) electrons. The van der Waals surface area contributed by atoms with Gasteiger partial charge in [0.2, 0.25) is 5.90 Å². The van der Waals surface area contributed by atoms with E-state index in [-0.39, 0.29) is 18.2 Å². The second-order valence-corrected chi connectivity index (χ2v) is 7.86. The van der Waals surface area contributed by atoms with Gasteiger partial charge in [-0.15, -0.1) is 0 Å². The fourth-order valence-corrected chi connectivity index (χ4v) is 3.77. The van der Waals surface area contributed by atoms with E-state index < -0.39 is 11.9 Å². The molecular weight excluding hydrogens is 548 g/mol. The highest BCUT2D eigenvalue weighted by Gasteiger charge is 2.26. The van der Waals surface area contributed by atoms with Gasteiger partial charge in [0, 0.05) is 5.02 Å². The standard InChI is InChI=1S/C20H14Cl2INO6/c1-27-16-7-10(5-14(23)18(16)29-9-17(25)28-2)6-15-20(26)30-19(24-15)12-4-3-11(21)8-13(12)22/h3-8H,9H2,1-2H3/b15-6-. The largest absolute Gasteiger partial charge is 0.493 e. The van der Waals surface area contributed by atoms with Gasteiger partial charge in [-0.05, 0) is 64.6 Å². The number of rotatable bonds is 6. The van der Waals surface area contributed by atoms with Gasteiger partial charge in [-0.3, -0.25) is 0 Å². The van der Waals surface area contributed by atoms with Crippen LogP contribution < -0.4 is 9.47 Å². The summed E-state index contributed by atoms with van der Waals surface area (Å²) in [6.07, 6.45) is 1.55. The number of benzene rings is 2. The van der Waals surface area contributed by atoms with Crippen molar-refractivity contribution in [3.05, 3.63) is 60.8 Å². The van der Waals surface area contributed by atoms with E-state index in [1.165, 1.54) is 20.3 Å². The zero-order valence-electron chi connectivity index (χ0n) is 15.7. The summed E-state index contributed by atoms with van der Waals surface area (Å²) in [5.41, 5.74) is 1.18. The minimum atomic E-state index is -0.615. The van der Waals surface area contributed by atoms with E-state index in [9.17, 15) is 9.59 Å². The van der Waals surface area contributed by atoms with E-state index in [0.29, 0.717) is 36.2 Å². The number of hydrogen-bond acceptors (Lipinski definition) is 7. The van der Waals surface area contributed by atoms with Crippen molar-refractivity contribution < 1.29 is 28.5 Å². The summed E-state index contributed by atoms with van der Waals surface area (Å²) in [5.74, 6) is -0.273. The van der Waals surface area contributed by atoms with Crippen LogP contribution in [0, 0.1) is 3.57 Å². The number of aliphatic imine (C=N–C) groups is 1. The summed E-state index contributed by atoms with van der Waals surface area (Å²) in [6, 6.07) is 8.19. The predicted molar refractivity (Wildman–Crippen MR) is 120 cm³/mol. The number of hydrogen-bond donors (Lipinski definition) is 0. The molecule has 10 heteroatoms. The van der Waals surface area contributed by atoms with E-state index in [1.54, 1.807) is 30.3 Å². The number of methoxy groups -OCH3 is 2. The van der Waals surface area contributed by atoms with Crippen LogP contribution in [0.3, 0.4) is 0 Å². The van der Waals surface area contributed by atoms with Crippen LogP contribution in [0.25, 0.3) is 6.08 Å². The van der Waals surface area contributed by atoms with Crippen molar-refractivity contribution in [2.24, 2.45) is 4.99 Å². The second kappa shape index (κ2) is 9.67. The summed E-state index contributed by atoms with van der Waals surface area (Å²) >= 11 is 14.1. The molecule has 0 saturated carbocycles. The highest BCUT2D eigenvalue weighted by Crippen LogP contribution is 2.35. The molecule has 1 heterocycles. The van der Waals surface area contributed by atoms with Gasteiger partial charge in [0.15, 0.2) is 23.8 Å². The molecule has 0 saturated heterocycles. The third kappa shape index (κ3) is 5.05. The molecule has 3 rings (SSSR count). The van der Waals surface area contributed by atoms with Crippen LogP contribution in [0.1, 0.15) is 11.1 Å². The first kappa shape index (κ1) is 22.4. The van der Waals surface area contributed by atoms with Crippen LogP contribution in [0.5, 0.6) is 11.5 Å². The predicted octanol–water partition coefficient (Wildman–Crippen LogP) is 4.50. The molecule has 0 fully saturated rings. The fraction of sp³-hybridized carbons (Fsp3) is 0.150. The first-order valence-electron chi connectivity index (χ1n) is 8.37. The first-order valence-corrected chi connectivity index (χ1v) is 10.2. The minimum Gasteiger partial charge on any atom is -0.493 e. The number of esters is 2. The highest BCUT2D eigenvalue weighted by molar-refractivity contribution is 14.1. The molecule has 1 aliphatic rings. The Hall–Kier alpha value is -2.30. The van der Waals surface area contributed by atoms with Gasteiger partial charge in [-0.1, -0.05) is 23.2 Å². The summed E-state index contributed by atoms with van der Waals surface area (Å²) in [5, 5.41) is 0.777. The summed E-state index contributed by atoms with van der Waals surface area (Å²) in [6.45, 7) is -0.259. The minimum absolute atomic E-state index is 0.0904. The van der Waals surface area contributed by atoms with Crippen LogP contribution in [-0.2, 0) is 19.1 Å². The second-order valence-electron chi connectivity index (χ2n) is 5.86.